The molecule has 3 amide bonds. The molecule has 2 N–H and O–H groups in total. The van der Waals surface area contributed by atoms with Crippen LogP contribution in [0.25, 0.3) is 0 Å². The van der Waals surface area contributed by atoms with Gasteiger partial charge in [0.15, 0.2) is 0 Å². The fraction of sp³-hybridized carbons (Fsp3) is 0.318. The molecular weight excluding hydrogens is 373 g/mol. The number of hydrogen-bond acceptors (Lipinski definition) is 3. The molecule has 29 heavy (non-hydrogen) atoms. The van der Waals surface area contributed by atoms with E-state index < -0.39 is 0 Å². The lowest BCUT2D eigenvalue weighted by Crippen LogP contribution is -2.48. The Morgan fingerprint density at radius 2 is 1.72 bits per heavy atom. The second-order valence-electron chi connectivity index (χ2n) is 7.27. The summed E-state index contributed by atoms with van der Waals surface area (Å²) < 4.78 is 13.3. The van der Waals surface area contributed by atoms with Gasteiger partial charge in [0.2, 0.25) is 11.8 Å². The van der Waals surface area contributed by atoms with Gasteiger partial charge in [0.1, 0.15) is 5.82 Å². The van der Waals surface area contributed by atoms with Crippen LogP contribution in [0.4, 0.5) is 4.39 Å². The van der Waals surface area contributed by atoms with E-state index in [4.69, 9.17) is 0 Å². The molecule has 1 fully saturated rings. The summed E-state index contributed by atoms with van der Waals surface area (Å²) in [6.45, 7) is 2.84. The summed E-state index contributed by atoms with van der Waals surface area (Å²) in [5.41, 5.74) is 7.05. The first kappa shape index (κ1) is 20.5. The van der Waals surface area contributed by atoms with Crippen molar-refractivity contribution in [2.24, 2.45) is 5.92 Å². The molecule has 1 aliphatic rings. The number of hydrazine groups is 1. The number of piperidine rings is 1. The molecular formula is C22H24FN3O3. The van der Waals surface area contributed by atoms with Crippen LogP contribution in [0.3, 0.4) is 0 Å². The number of amides is 3. The predicted molar refractivity (Wildman–Crippen MR) is 106 cm³/mol. The van der Waals surface area contributed by atoms with Crippen molar-refractivity contribution in [3.8, 4) is 0 Å². The van der Waals surface area contributed by atoms with Crippen molar-refractivity contribution in [3.63, 3.8) is 0 Å². The van der Waals surface area contributed by atoms with Crippen molar-refractivity contribution in [1.29, 1.82) is 0 Å². The van der Waals surface area contributed by atoms with E-state index in [-0.39, 0.29) is 35.9 Å². The molecule has 1 saturated heterocycles. The molecule has 0 saturated carbocycles. The molecule has 3 rings (SSSR count). The van der Waals surface area contributed by atoms with Gasteiger partial charge in [-0.1, -0.05) is 29.8 Å². The van der Waals surface area contributed by atoms with Crippen LogP contribution < -0.4 is 10.9 Å². The summed E-state index contributed by atoms with van der Waals surface area (Å²) >= 11 is 0. The van der Waals surface area contributed by atoms with Crippen molar-refractivity contribution in [1.82, 2.24) is 15.8 Å². The smallest absolute Gasteiger partial charge is 0.269 e. The van der Waals surface area contributed by atoms with E-state index in [1.807, 2.05) is 19.1 Å². The van der Waals surface area contributed by atoms with E-state index in [1.165, 1.54) is 12.1 Å². The fourth-order valence-corrected chi connectivity index (χ4v) is 3.32. The number of carbonyl (C=O) groups is 3. The molecule has 152 valence electrons. The SMILES string of the molecule is Cc1ccc(C(=O)NNC(=O)C2CCN(C(=O)Cc3cccc(F)c3)CC2)cc1. The standard InChI is InChI=1S/C22H24FN3O3/c1-15-5-7-17(8-6-15)21(28)24-25-22(29)18-9-11-26(12-10-18)20(27)14-16-3-2-4-19(23)13-16/h2-8,13,18H,9-12,14H2,1H3,(H,24,28)(H,25,29). The molecule has 1 aliphatic heterocycles. The Morgan fingerprint density at radius 1 is 1.03 bits per heavy atom. The van der Waals surface area contributed by atoms with Gasteiger partial charge in [0.25, 0.3) is 5.91 Å². The van der Waals surface area contributed by atoms with Gasteiger partial charge in [-0.05, 0) is 49.6 Å². The van der Waals surface area contributed by atoms with Gasteiger partial charge in [-0.25, -0.2) is 4.39 Å². The molecule has 0 spiro atoms. The van der Waals surface area contributed by atoms with Crippen LogP contribution >= 0.6 is 0 Å². The number of aryl methyl sites for hydroxylation is 1. The lowest BCUT2D eigenvalue weighted by Gasteiger charge is -2.31. The van der Waals surface area contributed by atoms with Crippen LogP contribution in [0.2, 0.25) is 0 Å². The first-order valence-corrected chi connectivity index (χ1v) is 9.61. The average molecular weight is 397 g/mol. The van der Waals surface area contributed by atoms with E-state index in [9.17, 15) is 18.8 Å². The topological polar surface area (TPSA) is 78.5 Å². The third kappa shape index (κ3) is 5.63. The summed E-state index contributed by atoms with van der Waals surface area (Å²) in [6, 6.07) is 13.0. The number of nitrogens with one attached hydrogen (secondary N) is 2. The number of rotatable bonds is 4. The monoisotopic (exact) mass is 397 g/mol. The zero-order valence-corrected chi connectivity index (χ0v) is 16.3. The van der Waals surface area contributed by atoms with E-state index in [2.05, 4.69) is 10.9 Å². The molecule has 0 radical (unpaired) electrons. The molecule has 0 bridgehead atoms. The van der Waals surface area contributed by atoms with E-state index >= 15 is 0 Å². The second kappa shape index (κ2) is 9.32. The van der Waals surface area contributed by atoms with Crippen LogP contribution in [-0.2, 0) is 16.0 Å². The lowest BCUT2D eigenvalue weighted by molar-refractivity contribution is -0.135. The van der Waals surface area contributed by atoms with Crippen LogP contribution in [0.15, 0.2) is 48.5 Å². The Hall–Kier alpha value is -3.22. The first-order valence-electron chi connectivity index (χ1n) is 9.61. The molecule has 7 heteroatoms. The zero-order valence-electron chi connectivity index (χ0n) is 16.3. The quantitative estimate of drug-likeness (QED) is 0.778. The Bertz CT molecular complexity index is 890. The van der Waals surface area contributed by atoms with E-state index in [0.717, 1.165) is 5.56 Å². The van der Waals surface area contributed by atoms with Gasteiger partial charge in [-0.2, -0.15) is 0 Å². The number of halogens is 1. The lowest BCUT2D eigenvalue weighted by atomic mass is 9.95. The average Bonchev–Trinajstić information content (AvgIpc) is 2.72. The van der Waals surface area contributed by atoms with Gasteiger partial charge < -0.3 is 4.90 Å². The third-order valence-corrected chi connectivity index (χ3v) is 5.08. The maximum atomic E-state index is 13.3. The third-order valence-electron chi connectivity index (χ3n) is 5.08. The van der Waals surface area contributed by atoms with Crippen molar-refractivity contribution < 1.29 is 18.8 Å². The van der Waals surface area contributed by atoms with Gasteiger partial charge >= 0.3 is 0 Å². The predicted octanol–water partition coefficient (Wildman–Crippen LogP) is 2.38. The highest BCUT2D eigenvalue weighted by Crippen LogP contribution is 2.18. The molecule has 0 unspecified atom stereocenters. The van der Waals surface area contributed by atoms with Crippen LogP contribution in [-0.4, -0.2) is 35.7 Å². The minimum Gasteiger partial charge on any atom is -0.342 e. The highest BCUT2D eigenvalue weighted by molar-refractivity contribution is 5.95. The van der Waals surface area contributed by atoms with Crippen LogP contribution in [0.1, 0.15) is 34.3 Å². The molecule has 0 atom stereocenters. The highest BCUT2D eigenvalue weighted by Gasteiger charge is 2.27. The van der Waals surface area contributed by atoms with Gasteiger partial charge in [-0.3, -0.25) is 25.2 Å². The number of hydrogen-bond donors (Lipinski definition) is 2. The van der Waals surface area contributed by atoms with Crippen molar-refractivity contribution in [3.05, 3.63) is 71.0 Å². The summed E-state index contributed by atoms with van der Waals surface area (Å²) in [4.78, 5) is 38.5. The van der Waals surface area contributed by atoms with Gasteiger partial charge in [-0.15, -0.1) is 0 Å². The summed E-state index contributed by atoms with van der Waals surface area (Å²) in [5.74, 6) is -1.35. The van der Waals surface area contributed by atoms with Crippen LogP contribution in [0.5, 0.6) is 0 Å². The van der Waals surface area contributed by atoms with Gasteiger partial charge in [0.05, 0.1) is 6.42 Å². The molecule has 2 aromatic rings. The Labute approximate surface area is 169 Å². The number of nitrogens with zero attached hydrogens (tertiary/aromatic N) is 1. The molecule has 2 aromatic carbocycles. The summed E-state index contributed by atoms with van der Waals surface area (Å²) in [7, 11) is 0. The molecule has 1 heterocycles. The Kier molecular flexibility index (Phi) is 6.59. The second-order valence-corrected chi connectivity index (χ2v) is 7.27. The number of carbonyl (C=O) groups excluding carboxylic acids is 3. The van der Waals surface area contributed by atoms with Crippen LogP contribution in [0, 0.1) is 18.7 Å². The fourth-order valence-electron chi connectivity index (χ4n) is 3.32. The van der Waals surface area contributed by atoms with E-state index in [0.29, 0.717) is 37.1 Å². The summed E-state index contributed by atoms with van der Waals surface area (Å²) in [5, 5.41) is 0. The molecule has 6 nitrogen and oxygen atoms in total. The number of benzene rings is 2. The normalized spacial score (nSPS) is 14.3. The first-order chi connectivity index (χ1) is 13.9. The van der Waals surface area contributed by atoms with Gasteiger partial charge in [0, 0.05) is 24.6 Å². The minimum atomic E-state index is -0.374. The minimum absolute atomic E-state index is 0.0814. The summed E-state index contributed by atoms with van der Waals surface area (Å²) in [6.07, 6.45) is 1.17. The Morgan fingerprint density at radius 3 is 2.38 bits per heavy atom. The molecule has 0 aromatic heterocycles. The van der Waals surface area contributed by atoms with Crippen molar-refractivity contribution in [2.75, 3.05) is 13.1 Å². The maximum absolute atomic E-state index is 13.3. The Balaban J connectivity index is 1.43. The maximum Gasteiger partial charge on any atom is 0.269 e. The zero-order chi connectivity index (χ0) is 20.8. The van der Waals surface area contributed by atoms with Crippen molar-refractivity contribution >= 4 is 17.7 Å². The molecule has 0 aliphatic carbocycles. The van der Waals surface area contributed by atoms with E-state index in [1.54, 1.807) is 29.2 Å². The van der Waals surface area contributed by atoms with Crippen molar-refractivity contribution in [2.45, 2.75) is 26.2 Å². The largest absolute Gasteiger partial charge is 0.342 e. The number of likely N-dealkylation sites (tertiary alicyclic amines) is 1. The highest BCUT2D eigenvalue weighted by atomic mass is 19.1.